The van der Waals surface area contributed by atoms with Crippen LogP contribution < -0.4 is 5.32 Å². The van der Waals surface area contributed by atoms with Crippen LogP contribution in [-0.4, -0.2) is 17.0 Å². The quantitative estimate of drug-likeness (QED) is 0.764. The van der Waals surface area contributed by atoms with Crippen molar-refractivity contribution >= 4 is 17.6 Å². The maximum Gasteiger partial charge on any atom is 0.328 e. The van der Waals surface area contributed by atoms with Gasteiger partial charge in [0.2, 0.25) is 0 Å². The fourth-order valence-corrected chi connectivity index (χ4v) is 1.18. The Balaban J connectivity index is 2.80. The average Bonchev–Trinajstić information content (AvgIpc) is 2.20. The molecule has 1 aromatic carbocycles. The molecule has 0 saturated carbocycles. The molecule has 0 aliphatic rings. The molecule has 0 aromatic heterocycles. The molecule has 1 aromatic rings. The summed E-state index contributed by atoms with van der Waals surface area (Å²) in [6.07, 6.45) is 0.883. The van der Waals surface area contributed by atoms with Gasteiger partial charge in [-0.05, 0) is 25.5 Å². The molecule has 0 aliphatic heterocycles. The molecule has 0 atom stereocenters. The fraction of sp³-hybridized carbons (Fsp3) is 0.167. The molecule has 16 heavy (non-hydrogen) atoms. The molecule has 84 valence electrons. The monoisotopic (exact) mass is 219 g/mol. The molecule has 2 N–H and O–H groups in total. The lowest BCUT2D eigenvalue weighted by Gasteiger charge is -2.07. The van der Waals surface area contributed by atoms with Crippen LogP contribution in [0.3, 0.4) is 0 Å². The second kappa shape index (κ2) is 5.11. The first-order valence-electron chi connectivity index (χ1n) is 4.79. The lowest BCUT2D eigenvalue weighted by atomic mass is 10.2. The molecule has 0 spiro atoms. The largest absolute Gasteiger partial charge is 0.478 e. The maximum absolute atomic E-state index is 11.6. The van der Waals surface area contributed by atoms with Crippen LogP contribution >= 0.6 is 0 Å². The van der Waals surface area contributed by atoms with E-state index in [0.29, 0.717) is 5.69 Å². The zero-order chi connectivity index (χ0) is 12.1. The number of aliphatic carboxylic acids is 1. The summed E-state index contributed by atoms with van der Waals surface area (Å²) in [5.74, 6) is -1.53. The van der Waals surface area contributed by atoms with E-state index in [1.165, 1.54) is 6.92 Å². The number of hydrogen-bond acceptors (Lipinski definition) is 2. The number of rotatable bonds is 3. The number of carboxylic acid groups (broad SMARTS) is 1. The van der Waals surface area contributed by atoms with E-state index < -0.39 is 11.9 Å². The molecular formula is C12H13NO3. The van der Waals surface area contributed by atoms with Crippen LogP contribution in [0.1, 0.15) is 12.5 Å². The van der Waals surface area contributed by atoms with Crippen LogP contribution in [0.15, 0.2) is 35.9 Å². The predicted octanol–water partition coefficient (Wildman–Crippen LogP) is 1.96. The number of para-hydroxylation sites is 1. The number of carboxylic acids is 1. The van der Waals surface area contributed by atoms with Gasteiger partial charge in [0.05, 0.1) is 0 Å². The van der Waals surface area contributed by atoms with Crippen molar-refractivity contribution < 1.29 is 14.7 Å². The van der Waals surface area contributed by atoms with Gasteiger partial charge in [0.1, 0.15) is 0 Å². The van der Waals surface area contributed by atoms with Crippen LogP contribution in [0.5, 0.6) is 0 Å². The van der Waals surface area contributed by atoms with Crippen molar-refractivity contribution in [2.24, 2.45) is 0 Å². The first-order chi connectivity index (χ1) is 7.50. The average molecular weight is 219 g/mol. The molecule has 0 saturated heterocycles. The summed E-state index contributed by atoms with van der Waals surface area (Å²) in [4.78, 5) is 21.9. The van der Waals surface area contributed by atoms with Crippen molar-refractivity contribution in [1.29, 1.82) is 0 Å². The highest BCUT2D eigenvalue weighted by atomic mass is 16.4. The molecule has 4 heteroatoms. The van der Waals surface area contributed by atoms with E-state index in [0.717, 1.165) is 11.6 Å². The minimum absolute atomic E-state index is 0.163. The third-order valence-corrected chi connectivity index (χ3v) is 2.09. The van der Waals surface area contributed by atoms with Crippen LogP contribution in [0.25, 0.3) is 0 Å². The van der Waals surface area contributed by atoms with Crippen molar-refractivity contribution in [3.05, 3.63) is 41.5 Å². The lowest BCUT2D eigenvalue weighted by Crippen LogP contribution is -2.14. The van der Waals surface area contributed by atoms with Crippen molar-refractivity contribution in [2.45, 2.75) is 13.8 Å². The van der Waals surface area contributed by atoms with Gasteiger partial charge in [-0.1, -0.05) is 18.2 Å². The van der Waals surface area contributed by atoms with Crippen molar-refractivity contribution in [1.82, 2.24) is 0 Å². The topological polar surface area (TPSA) is 66.4 Å². The number of anilines is 1. The Labute approximate surface area is 93.6 Å². The summed E-state index contributed by atoms with van der Waals surface area (Å²) in [5, 5.41) is 11.1. The molecule has 0 radical (unpaired) electrons. The Kier molecular flexibility index (Phi) is 3.83. The van der Waals surface area contributed by atoms with Gasteiger partial charge < -0.3 is 10.4 Å². The molecule has 4 nitrogen and oxygen atoms in total. The molecule has 0 bridgehead atoms. The number of aryl methyl sites for hydroxylation is 1. The normalized spacial score (nSPS) is 11.0. The maximum atomic E-state index is 11.6. The first-order valence-corrected chi connectivity index (χ1v) is 4.79. The van der Waals surface area contributed by atoms with Gasteiger partial charge in [-0.15, -0.1) is 0 Å². The van der Waals surface area contributed by atoms with Gasteiger partial charge in [-0.25, -0.2) is 4.79 Å². The van der Waals surface area contributed by atoms with Crippen molar-refractivity contribution in [3.63, 3.8) is 0 Å². The lowest BCUT2D eigenvalue weighted by molar-refractivity contribution is -0.131. The number of hydrogen-bond donors (Lipinski definition) is 2. The number of amides is 1. The third kappa shape index (κ3) is 3.24. The summed E-state index contributed by atoms with van der Waals surface area (Å²) in [5.41, 5.74) is 1.78. The second-order valence-electron chi connectivity index (χ2n) is 3.43. The van der Waals surface area contributed by atoms with E-state index >= 15 is 0 Å². The molecule has 0 unspecified atom stereocenters. The fourth-order valence-electron chi connectivity index (χ4n) is 1.18. The third-order valence-electron chi connectivity index (χ3n) is 2.09. The van der Waals surface area contributed by atoms with Gasteiger partial charge in [0, 0.05) is 17.3 Å². The van der Waals surface area contributed by atoms with Gasteiger partial charge in [-0.2, -0.15) is 0 Å². The smallest absolute Gasteiger partial charge is 0.328 e. The molecule has 0 aliphatic carbocycles. The standard InChI is InChI=1S/C12H13NO3/c1-8-5-3-4-6-10(8)13-12(16)9(2)7-11(14)15/h3-7H,1-2H3,(H,13,16)(H,14,15). The number of nitrogens with one attached hydrogen (secondary N) is 1. The Morgan fingerprint density at radius 3 is 2.50 bits per heavy atom. The van der Waals surface area contributed by atoms with Crippen LogP contribution in [-0.2, 0) is 9.59 Å². The molecule has 1 amide bonds. The van der Waals surface area contributed by atoms with Gasteiger partial charge >= 0.3 is 5.97 Å². The van der Waals surface area contributed by atoms with E-state index in [4.69, 9.17) is 5.11 Å². The van der Waals surface area contributed by atoms with Gasteiger partial charge in [0.15, 0.2) is 0 Å². The van der Waals surface area contributed by atoms with E-state index in [1.807, 2.05) is 19.1 Å². The van der Waals surface area contributed by atoms with E-state index in [2.05, 4.69) is 5.32 Å². The Morgan fingerprint density at radius 2 is 1.94 bits per heavy atom. The highest BCUT2D eigenvalue weighted by Crippen LogP contribution is 2.13. The van der Waals surface area contributed by atoms with Crippen molar-refractivity contribution in [3.8, 4) is 0 Å². The summed E-state index contributed by atoms with van der Waals surface area (Å²) in [7, 11) is 0. The number of benzene rings is 1. The zero-order valence-corrected chi connectivity index (χ0v) is 9.15. The van der Waals surface area contributed by atoms with E-state index in [1.54, 1.807) is 12.1 Å². The summed E-state index contributed by atoms with van der Waals surface area (Å²) < 4.78 is 0. The Morgan fingerprint density at radius 1 is 1.31 bits per heavy atom. The second-order valence-corrected chi connectivity index (χ2v) is 3.43. The van der Waals surface area contributed by atoms with Crippen LogP contribution in [0.2, 0.25) is 0 Å². The van der Waals surface area contributed by atoms with Crippen LogP contribution in [0, 0.1) is 6.92 Å². The van der Waals surface area contributed by atoms with Crippen LogP contribution in [0.4, 0.5) is 5.69 Å². The molecule has 0 heterocycles. The first kappa shape index (κ1) is 12.0. The number of carbonyl (C=O) groups is 2. The molecular weight excluding hydrogens is 206 g/mol. The summed E-state index contributed by atoms with van der Waals surface area (Å²) in [6, 6.07) is 7.30. The minimum Gasteiger partial charge on any atom is -0.478 e. The van der Waals surface area contributed by atoms with E-state index in [-0.39, 0.29) is 5.57 Å². The van der Waals surface area contributed by atoms with Gasteiger partial charge in [0.25, 0.3) is 5.91 Å². The Hall–Kier alpha value is -2.10. The SMILES string of the molecule is CC(=CC(=O)O)C(=O)Nc1ccccc1C. The summed E-state index contributed by atoms with van der Waals surface area (Å²) in [6.45, 7) is 3.33. The number of carbonyl (C=O) groups excluding carboxylic acids is 1. The predicted molar refractivity (Wildman–Crippen MR) is 61.2 cm³/mol. The molecule has 1 rings (SSSR count). The highest BCUT2D eigenvalue weighted by Gasteiger charge is 2.07. The zero-order valence-electron chi connectivity index (χ0n) is 9.15. The minimum atomic E-state index is -1.13. The van der Waals surface area contributed by atoms with E-state index in [9.17, 15) is 9.59 Å². The highest BCUT2D eigenvalue weighted by molar-refractivity contribution is 6.06. The molecule has 0 fully saturated rings. The summed E-state index contributed by atoms with van der Waals surface area (Å²) >= 11 is 0. The van der Waals surface area contributed by atoms with Crippen molar-refractivity contribution in [2.75, 3.05) is 5.32 Å². The Bertz CT molecular complexity index is 449. The van der Waals surface area contributed by atoms with Gasteiger partial charge in [-0.3, -0.25) is 4.79 Å².